The third-order valence-corrected chi connectivity index (χ3v) is 8.49. The second kappa shape index (κ2) is 14.5. The van der Waals surface area contributed by atoms with Gasteiger partial charge >= 0.3 is 0 Å². The van der Waals surface area contributed by atoms with Crippen LogP contribution < -0.4 is 14.8 Å². The Balaban J connectivity index is 1.72. The second-order valence-electron chi connectivity index (χ2n) is 9.14. The number of aryl methyl sites for hydroxylation is 1. The highest BCUT2D eigenvalue weighted by Gasteiger charge is 2.26. The lowest BCUT2D eigenvalue weighted by molar-refractivity contribution is -0.140. The molecule has 3 rings (SSSR count). The zero-order valence-electron chi connectivity index (χ0n) is 22.6. The highest BCUT2D eigenvalue weighted by atomic mass is 35.5. The summed E-state index contributed by atoms with van der Waals surface area (Å²) < 4.78 is 32.1. The van der Waals surface area contributed by atoms with Gasteiger partial charge in [0.25, 0.3) is 0 Å². The Morgan fingerprint density at radius 2 is 1.62 bits per heavy atom. The Hall–Kier alpha value is -3.11. The van der Waals surface area contributed by atoms with Gasteiger partial charge in [-0.2, -0.15) is 0 Å². The number of carbonyl (C=O) groups is 2. The smallest absolute Gasteiger partial charge is 0.242 e. The fourth-order valence-corrected chi connectivity index (χ4v) is 5.53. The lowest BCUT2D eigenvalue weighted by Gasteiger charge is -2.29. The van der Waals surface area contributed by atoms with Gasteiger partial charge in [-0.15, -0.1) is 0 Å². The molecule has 214 valence electrons. The summed E-state index contributed by atoms with van der Waals surface area (Å²) in [5, 5.41) is 3.80. The number of hydrogen-bond acceptors (Lipinski definition) is 5. The average Bonchev–Trinajstić information content (AvgIpc) is 2.94. The third kappa shape index (κ3) is 8.69. The fraction of sp³-hybridized carbons (Fsp3) is 0.310. The predicted molar refractivity (Wildman–Crippen MR) is 157 cm³/mol. The molecule has 0 spiro atoms. The van der Waals surface area contributed by atoms with Crippen molar-refractivity contribution in [1.82, 2.24) is 14.9 Å². The summed E-state index contributed by atoms with van der Waals surface area (Å²) in [5.74, 6) is 0.144. The van der Waals surface area contributed by atoms with Crippen molar-refractivity contribution in [1.29, 1.82) is 0 Å². The maximum absolute atomic E-state index is 13.4. The largest absolute Gasteiger partial charge is 0.497 e. The van der Waals surface area contributed by atoms with Crippen LogP contribution in [0.2, 0.25) is 10.0 Å². The van der Waals surface area contributed by atoms with Crippen LogP contribution in [0.25, 0.3) is 0 Å². The predicted octanol–water partition coefficient (Wildman–Crippen LogP) is 4.97. The van der Waals surface area contributed by atoms with E-state index in [4.69, 9.17) is 27.9 Å². The SMILES string of the molecule is CCNS(=O)(=O)c1ccc(CCC(=O)N(Cc2ccc(OC)cc2)[C@H](C)C(=O)NCc2ccc(Cl)cc2Cl)cc1. The molecule has 0 aliphatic heterocycles. The summed E-state index contributed by atoms with van der Waals surface area (Å²) in [6.07, 6.45) is 0.518. The molecule has 2 N–H and O–H groups in total. The number of carbonyl (C=O) groups excluding carboxylic acids is 2. The van der Waals surface area contributed by atoms with Gasteiger partial charge in [-0.25, -0.2) is 13.1 Å². The minimum Gasteiger partial charge on any atom is -0.497 e. The molecule has 0 bridgehead atoms. The van der Waals surface area contributed by atoms with Crippen LogP contribution in [0.4, 0.5) is 0 Å². The van der Waals surface area contributed by atoms with Gasteiger partial charge in [-0.1, -0.05) is 60.5 Å². The number of nitrogens with zero attached hydrogens (tertiary/aromatic N) is 1. The zero-order valence-corrected chi connectivity index (χ0v) is 24.9. The third-order valence-electron chi connectivity index (χ3n) is 6.34. The number of nitrogens with one attached hydrogen (secondary N) is 2. The number of benzene rings is 3. The van der Waals surface area contributed by atoms with E-state index in [0.717, 1.165) is 11.1 Å². The molecule has 0 heterocycles. The van der Waals surface area contributed by atoms with Crippen molar-refractivity contribution in [2.45, 2.75) is 50.7 Å². The molecule has 1 atom stereocenters. The van der Waals surface area contributed by atoms with Crippen LogP contribution in [0.3, 0.4) is 0 Å². The topological polar surface area (TPSA) is 105 Å². The van der Waals surface area contributed by atoms with Crippen LogP contribution in [-0.2, 0) is 39.1 Å². The first-order chi connectivity index (χ1) is 19.0. The number of methoxy groups -OCH3 is 1. The Morgan fingerprint density at radius 3 is 2.23 bits per heavy atom. The van der Waals surface area contributed by atoms with E-state index < -0.39 is 16.1 Å². The quantitative estimate of drug-likeness (QED) is 0.286. The summed E-state index contributed by atoms with van der Waals surface area (Å²) in [6.45, 7) is 4.09. The van der Waals surface area contributed by atoms with Gasteiger partial charge in [0.1, 0.15) is 11.8 Å². The van der Waals surface area contributed by atoms with Crippen LogP contribution in [0.5, 0.6) is 5.75 Å². The first-order valence-electron chi connectivity index (χ1n) is 12.8. The number of rotatable bonds is 13. The van der Waals surface area contributed by atoms with Gasteiger partial charge in [0.15, 0.2) is 0 Å². The molecule has 40 heavy (non-hydrogen) atoms. The minimum absolute atomic E-state index is 0.135. The molecule has 0 saturated carbocycles. The van der Waals surface area contributed by atoms with Gasteiger partial charge in [0, 0.05) is 36.1 Å². The van der Waals surface area contributed by atoms with E-state index in [1.54, 1.807) is 63.4 Å². The molecule has 0 fully saturated rings. The van der Waals surface area contributed by atoms with Crippen LogP contribution in [-0.4, -0.2) is 44.8 Å². The van der Waals surface area contributed by atoms with Crippen LogP contribution in [0, 0.1) is 0 Å². The molecule has 0 radical (unpaired) electrons. The second-order valence-corrected chi connectivity index (χ2v) is 11.8. The van der Waals surface area contributed by atoms with Crippen LogP contribution >= 0.6 is 23.2 Å². The summed E-state index contributed by atoms with van der Waals surface area (Å²) in [7, 11) is -1.98. The maximum Gasteiger partial charge on any atom is 0.242 e. The van der Waals surface area contributed by atoms with Crippen molar-refractivity contribution in [2.24, 2.45) is 0 Å². The molecule has 3 aromatic carbocycles. The van der Waals surface area contributed by atoms with E-state index >= 15 is 0 Å². The summed E-state index contributed by atoms with van der Waals surface area (Å²) >= 11 is 12.2. The van der Waals surface area contributed by atoms with E-state index in [-0.39, 0.29) is 36.2 Å². The molecule has 11 heteroatoms. The first kappa shape index (κ1) is 31.4. The Bertz CT molecular complexity index is 1410. The van der Waals surface area contributed by atoms with E-state index in [9.17, 15) is 18.0 Å². The molecular weight excluding hydrogens is 573 g/mol. The van der Waals surface area contributed by atoms with Gasteiger partial charge in [0.05, 0.1) is 12.0 Å². The van der Waals surface area contributed by atoms with Crippen molar-refractivity contribution in [3.63, 3.8) is 0 Å². The standard InChI is InChI=1S/C29H33Cl2N3O5S/c1-4-33-40(37,38)26-14-7-21(8-15-26)9-16-28(35)34(19-22-5-12-25(39-3)13-6-22)20(2)29(36)32-18-23-10-11-24(30)17-27(23)31/h5-8,10-15,17,20,33H,4,9,16,18-19H2,1-3H3,(H,32,36)/t20-/m1/s1. The van der Waals surface area contributed by atoms with Gasteiger partial charge in [-0.3, -0.25) is 9.59 Å². The Labute approximate surface area is 245 Å². The van der Waals surface area contributed by atoms with E-state index in [1.165, 1.54) is 17.0 Å². The summed E-state index contributed by atoms with van der Waals surface area (Å²) in [4.78, 5) is 28.3. The molecular formula is C29H33Cl2N3O5S. The van der Waals surface area contributed by atoms with Crippen molar-refractivity contribution in [3.8, 4) is 5.75 Å². The van der Waals surface area contributed by atoms with E-state index in [1.807, 2.05) is 12.1 Å². The molecule has 0 unspecified atom stereocenters. The molecule has 0 aliphatic carbocycles. The maximum atomic E-state index is 13.4. The van der Waals surface area contributed by atoms with Crippen molar-refractivity contribution < 1.29 is 22.7 Å². The lowest BCUT2D eigenvalue weighted by atomic mass is 10.1. The summed E-state index contributed by atoms with van der Waals surface area (Å²) in [5.41, 5.74) is 2.36. The summed E-state index contributed by atoms with van der Waals surface area (Å²) in [6, 6.07) is 18.0. The number of halogens is 2. The number of sulfonamides is 1. The van der Waals surface area contributed by atoms with Crippen molar-refractivity contribution in [3.05, 3.63) is 93.5 Å². The Morgan fingerprint density at radius 1 is 0.975 bits per heavy atom. The number of ether oxygens (including phenoxy) is 1. The van der Waals surface area contributed by atoms with Gasteiger partial charge in [-0.05, 0) is 66.4 Å². The molecule has 8 nitrogen and oxygen atoms in total. The van der Waals surface area contributed by atoms with Gasteiger partial charge in [0.2, 0.25) is 21.8 Å². The fourth-order valence-electron chi connectivity index (χ4n) is 4.01. The molecule has 0 saturated heterocycles. The zero-order chi connectivity index (χ0) is 29.3. The normalized spacial score (nSPS) is 12.0. The minimum atomic E-state index is -3.56. The molecule has 3 aromatic rings. The van der Waals surface area contributed by atoms with Crippen molar-refractivity contribution in [2.75, 3.05) is 13.7 Å². The number of amides is 2. The highest BCUT2D eigenvalue weighted by Crippen LogP contribution is 2.21. The molecule has 0 aliphatic rings. The van der Waals surface area contributed by atoms with E-state index in [0.29, 0.717) is 34.3 Å². The highest BCUT2D eigenvalue weighted by molar-refractivity contribution is 7.89. The van der Waals surface area contributed by atoms with Gasteiger partial charge < -0.3 is 15.0 Å². The van der Waals surface area contributed by atoms with Crippen LogP contribution in [0.15, 0.2) is 71.6 Å². The molecule has 0 aromatic heterocycles. The lowest BCUT2D eigenvalue weighted by Crippen LogP contribution is -2.47. The molecule has 2 amide bonds. The first-order valence-corrected chi connectivity index (χ1v) is 15.0. The monoisotopic (exact) mass is 605 g/mol. The number of hydrogen-bond donors (Lipinski definition) is 2. The Kier molecular flexibility index (Phi) is 11.4. The van der Waals surface area contributed by atoms with Crippen LogP contribution in [0.1, 0.15) is 37.0 Å². The van der Waals surface area contributed by atoms with Crippen molar-refractivity contribution >= 4 is 45.0 Å². The average molecular weight is 607 g/mol. The van der Waals surface area contributed by atoms with E-state index in [2.05, 4.69) is 10.0 Å².